The van der Waals surface area contributed by atoms with Crippen LogP contribution in [0.5, 0.6) is 0 Å². The molecule has 5 nitrogen and oxygen atoms in total. The SMILES string of the molecule is CCOC(=O)c1oc2c(Cl)cncc2c1Nc1ccc([Si](C)(C)C)cc1F. The van der Waals surface area contributed by atoms with Crippen LogP contribution in [-0.2, 0) is 4.74 Å². The van der Waals surface area contributed by atoms with E-state index in [0.717, 1.165) is 5.19 Å². The molecule has 0 fully saturated rings. The number of pyridine rings is 1. The quantitative estimate of drug-likeness (QED) is 0.472. The van der Waals surface area contributed by atoms with Crippen molar-refractivity contribution in [2.45, 2.75) is 26.6 Å². The highest BCUT2D eigenvalue weighted by molar-refractivity contribution is 6.88. The van der Waals surface area contributed by atoms with E-state index < -0.39 is 19.9 Å². The van der Waals surface area contributed by atoms with Gasteiger partial charge in [-0.25, -0.2) is 9.18 Å². The highest BCUT2D eigenvalue weighted by Crippen LogP contribution is 2.37. The molecular formula is C19H20ClFN2O3Si. The second kappa shape index (κ2) is 7.32. The number of nitrogens with zero attached hydrogens (tertiary/aromatic N) is 1. The first-order valence-corrected chi connectivity index (χ1v) is 12.4. The molecule has 0 spiro atoms. The average molecular weight is 407 g/mol. The van der Waals surface area contributed by atoms with Crippen LogP contribution < -0.4 is 10.5 Å². The fourth-order valence-electron chi connectivity index (χ4n) is 2.66. The van der Waals surface area contributed by atoms with Gasteiger partial charge < -0.3 is 14.5 Å². The first-order valence-electron chi connectivity index (χ1n) is 8.52. The van der Waals surface area contributed by atoms with Gasteiger partial charge in [-0.1, -0.05) is 42.5 Å². The molecule has 2 heterocycles. The van der Waals surface area contributed by atoms with Gasteiger partial charge in [0, 0.05) is 12.4 Å². The number of anilines is 2. The Balaban J connectivity index is 2.10. The fourth-order valence-corrected chi connectivity index (χ4v) is 4.00. The summed E-state index contributed by atoms with van der Waals surface area (Å²) in [5, 5.41) is 4.68. The van der Waals surface area contributed by atoms with Gasteiger partial charge in [0.05, 0.1) is 25.8 Å². The van der Waals surface area contributed by atoms with E-state index in [0.29, 0.717) is 5.39 Å². The molecule has 0 atom stereocenters. The maximum atomic E-state index is 14.7. The molecule has 0 aliphatic heterocycles. The molecule has 0 radical (unpaired) electrons. The Morgan fingerprint density at radius 1 is 1.33 bits per heavy atom. The van der Waals surface area contributed by atoms with E-state index in [9.17, 15) is 9.18 Å². The molecule has 1 N–H and O–H groups in total. The Morgan fingerprint density at radius 2 is 2.07 bits per heavy atom. The first kappa shape index (κ1) is 19.4. The number of halogens is 2. The maximum absolute atomic E-state index is 14.7. The van der Waals surface area contributed by atoms with Gasteiger partial charge >= 0.3 is 5.97 Å². The van der Waals surface area contributed by atoms with Crippen molar-refractivity contribution in [1.29, 1.82) is 0 Å². The highest BCUT2D eigenvalue weighted by atomic mass is 35.5. The van der Waals surface area contributed by atoms with Crippen LogP contribution in [0.4, 0.5) is 15.8 Å². The zero-order valence-electron chi connectivity index (χ0n) is 15.5. The lowest BCUT2D eigenvalue weighted by atomic mass is 10.2. The number of nitrogens with one attached hydrogen (secondary N) is 1. The predicted octanol–water partition coefficient (Wildman–Crippen LogP) is 5.09. The lowest BCUT2D eigenvalue weighted by Gasteiger charge is -2.17. The zero-order valence-corrected chi connectivity index (χ0v) is 17.3. The number of aromatic nitrogens is 1. The molecule has 2 aromatic heterocycles. The minimum absolute atomic E-state index is 0.0737. The van der Waals surface area contributed by atoms with Gasteiger partial charge in [-0.15, -0.1) is 0 Å². The van der Waals surface area contributed by atoms with Crippen molar-refractivity contribution < 1.29 is 18.3 Å². The number of carbonyl (C=O) groups is 1. The summed E-state index contributed by atoms with van der Waals surface area (Å²) in [5.74, 6) is -1.14. The fraction of sp³-hybridized carbons (Fsp3) is 0.263. The molecule has 0 saturated heterocycles. The van der Waals surface area contributed by atoms with Crippen LogP contribution in [0.15, 0.2) is 35.0 Å². The normalized spacial score (nSPS) is 11.6. The van der Waals surface area contributed by atoms with E-state index in [-0.39, 0.29) is 34.3 Å². The minimum Gasteiger partial charge on any atom is -0.460 e. The number of benzene rings is 1. The van der Waals surface area contributed by atoms with Crippen LogP contribution in [0, 0.1) is 5.82 Å². The lowest BCUT2D eigenvalue weighted by Crippen LogP contribution is -2.37. The number of esters is 1. The Kier molecular flexibility index (Phi) is 5.26. The summed E-state index contributed by atoms with van der Waals surface area (Å²) in [5.41, 5.74) is 0.791. The summed E-state index contributed by atoms with van der Waals surface area (Å²) in [6.07, 6.45) is 2.92. The molecule has 3 rings (SSSR count). The summed E-state index contributed by atoms with van der Waals surface area (Å²) in [6.45, 7) is 8.30. The molecule has 0 aliphatic rings. The maximum Gasteiger partial charge on any atom is 0.376 e. The molecule has 0 aliphatic carbocycles. The van der Waals surface area contributed by atoms with Gasteiger partial charge in [0.25, 0.3) is 0 Å². The number of rotatable bonds is 5. The van der Waals surface area contributed by atoms with Crippen molar-refractivity contribution >= 4 is 53.2 Å². The van der Waals surface area contributed by atoms with Gasteiger partial charge in [0.1, 0.15) is 16.5 Å². The van der Waals surface area contributed by atoms with Crippen molar-refractivity contribution in [3.63, 3.8) is 0 Å². The van der Waals surface area contributed by atoms with Crippen molar-refractivity contribution in [2.75, 3.05) is 11.9 Å². The van der Waals surface area contributed by atoms with Crippen LogP contribution in [0.3, 0.4) is 0 Å². The molecular weight excluding hydrogens is 387 g/mol. The molecule has 0 amide bonds. The highest BCUT2D eigenvalue weighted by Gasteiger charge is 2.25. The van der Waals surface area contributed by atoms with Crippen LogP contribution in [0.25, 0.3) is 11.0 Å². The summed E-state index contributed by atoms with van der Waals surface area (Å²) in [7, 11) is -1.65. The van der Waals surface area contributed by atoms with Crippen LogP contribution >= 0.6 is 11.6 Å². The van der Waals surface area contributed by atoms with Crippen molar-refractivity contribution in [3.8, 4) is 0 Å². The van der Waals surface area contributed by atoms with Crippen molar-refractivity contribution in [3.05, 3.63) is 47.2 Å². The van der Waals surface area contributed by atoms with Crippen molar-refractivity contribution in [1.82, 2.24) is 4.98 Å². The van der Waals surface area contributed by atoms with E-state index >= 15 is 0 Å². The van der Waals surface area contributed by atoms with E-state index in [1.165, 1.54) is 18.5 Å². The van der Waals surface area contributed by atoms with Gasteiger partial charge in [0.2, 0.25) is 5.76 Å². The Morgan fingerprint density at radius 3 is 2.70 bits per heavy atom. The summed E-state index contributed by atoms with van der Waals surface area (Å²) < 4.78 is 25.4. The number of furan rings is 1. The number of carbonyl (C=O) groups excluding carboxylic acids is 1. The molecule has 27 heavy (non-hydrogen) atoms. The monoisotopic (exact) mass is 406 g/mol. The van der Waals surface area contributed by atoms with Gasteiger partial charge in [0.15, 0.2) is 5.58 Å². The topological polar surface area (TPSA) is 64.4 Å². The number of hydrogen-bond donors (Lipinski definition) is 1. The number of hydrogen-bond acceptors (Lipinski definition) is 5. The average Bonchev–Trinajstić information content (AvgIpc) is 2.96. The molecule has 0 unspecified atom stereocenters. The van der Waals surface area contributed by atoms with Crippen LogP contribution in [0.2, 0.25) is 24.7 Å². The Labute approximate surface area is 162 Å². The molecule has 0 saturated carbocycles. The summed E-state index contributed by atoms with van der Waals surface area (Å²) >= 11 is 6.12. The number of ether oxygens (including phenoxy) is 1. The molecule has 8 heteroatoms. The lowest BCUT2D eigenvalue weighted by molar-refractivity contribution is 0.0494. The Bertz CT molecular complexity index is 1010. The van der Waals surface area contributed by atoms with Gasteiger partial charge in [-0.05, 0) is 19.1 Å². The minimum atomic E-state index is -1.65. The summed E-state index contributed by atoms with van der Waals surface area (Å²) in [4.78, 5) is 16.3. The Hall–Kier alpha value is -2.38. The standard InChI is InChI=1S/C19H20ClFN2O3Si/c1-5-25-19(24)18-16(12-9-22-10-13(20)17(12)26-18)23-15-7-6-11(8-14(15)21)27(2,3)4/h6-10,23H,5H2,1-4H3. The van der Waals surface area contributed by atoms with E-state index in [1.807, 2.05) is 6.07 Å². The zero-order chi connectivity index (χ0) is 19.8. The number of fused-ring (bicyclic) bond motifs is 1. The molecule has 3 aromatic rings. The summed E-state index contributed by atoms with van der Waals surface area (Å²) in [6, 6.07) is 5.09. The van der Waals surface area contributed by atoms with Crippen molar-refractivity contribution in [2.24, 2.45) is 0 Å². The molecule has 1 aromatic carbocycles. The predicted molar refractivity (Wildman–Crippen MR) is 108 cm³/mol. The van der Waals surface area contributed by atoms with Crippen LogP contribution in [-0.4, -0.2) is 25.6 Å². The van der Waals surface area contributed by atoms with Gasteiger partial charge in [-0.2, -0.15) is 0 Å². The smallest absolute Gasteiger partial charge is 0.376 e. The van der Waals surface area contributed by atoms with Crippen LogP contribution in [0.1, 0.15) is 17.5 Å². The first-order chi connectivity index (χ1) is 12.7. The third-order valence-electron chi connectivity index (χ3n) is 4.11. The third-order valence-corrected chi connectivity index (χ3v) is 6.42. The van der Waals surface area contributed by atoms with E-state index in [4.69, 9.17) is 20.8 Å². The van der Waals surface area contributed by atoms with E-state index in [1.54, 1.807) is 13.0 Å². The van der Waals surface area contributed by atoms with Gasteiger partial charge in [-0.3, -0.25) is 4.98 Å². The molecule has 142 valence electrons. The molecule has 0 bridgehead atoms. The largest absolute Gasteiger partial charge is 0.460 e. The second-order valence-corrected chi connectivity index (χ2v) is 12.6. The third kappa shape index (κ3) is 3.84. The van der Waals surface area contributed by atoms with E-state index in [2.05, 4.69) is 29.9 Å². The second-order valence-electron chi connectivity index (χ2n) is 7.09.